The first kappa shape index (κ1) is 35.5. The van der Waals surface area contributed by atoms with E-state index in [9.17, 15) is 10.5 Å². The second-order valence-corrected chi connectivity index (χ2v) is 13.0. The lowest BCUT2D eigenvalue weighted by Gasteiger charge is -2.28. The zero-order valence-electron chi connectivity index (χ0n) is 28.9. The molecule has 4 aromatic rings. The Labute approximate surface area is 300 Å². The second-order valence-electron chi connectivity index (χ2n) is 12.1. The maximum Gasteiger partial charge on any atom is 0.205 e. The molecular formula is C38H38BrN7O4. The fourth-order valence-electron chi connectivity index (χ4n) is 5.97. The minimum Gasteiger partial charge on any atom is -0.493 e. The van der Waals surface area contributed by atoms with Gasteiger partial charge in [-0.15, -0.1) is 0 Å². The highest BCUT2D eigenvalue weighted by Gasteiger charge is 2.33. The number of anilines is 2. The van der Waals surface area contributed by atoms with E-state index in [2.05, 4.69) is 33.1 Å². The van der Waals surface area contributed by atoms with Gasteiger partial charge in [-0.25, -0.2) is 0 Å². The number of allylic oxidation sites excluding steroid dienone is 2. The van der Waals surface area contributed by atoms with Crippen molar-refractivity contribution < 1.29 is 18.9 Å². The van der Waals surface area contributed by atoms with E-state index in [1.165, 1.54) is 0 Å². The molecule has 0 saturated heterocycles. The summed E-state index contributed by atoms with van der Waals surface area (Å²) in [6.45, 7) is 1.98. The number of pyridine rings is 1. The third-order valence-corrected chi connectivity index (χ3v) is 9.05. The molecule has 0 fully saturated rings. The second kappa shape index (κ2) is 14.7. The molecule has 50 heavy (non-hydrogen) atoms. The van der Waals surface area contributed by atoms with Crippen molar-refractivity contribution in [2.75, 3.05) is 52.2 Å². The van der Waals surface area contributed by atoms with Crippen LogP contribution in [-0.2, 0) is 0 Å². The van der Waals surface area contributed by atoms with Crippen molar-refractivity contribution in [1.29, 1.82) is 10.5 Å². The number of aryl methyl sites for hydroxylation is 1. The number of ether oxygens (including phenoxy) is 4. The van der Waals surface area contributed by atoms with Gasteiger partial charge >= 0.3 is 0 Å². The molecule has 2 atom stereocenters. The molecule has 0 radical (unpaired) electrons. The Balaban J connectivity index is 0.000000197. The van der Waals surface area contributed by atoms with Crippen molar-refractivity contribution in [2.45, 2.75) is 18.8 Å². The number of halogens is 1. The van der Waals surface area contributed by atoms with E-state index >= 15 is 0 Å². The number of nitrogens with two attached hydrogens (primary N) is 2. The molecule has 0 aliphatic carbocycles. The number of benzene rings is 3. The largest absolute Gasteiger partial charge is 0.493 e. The summed E-state index contributed by atoms with van der Waals surface area (Å²) in [5, 5.41) is 19.2. The van der Waals surface area contributed by atoms with Crippen LogP contribution < -0.4 is 40.2 Å². The normalized spacial score (nSPS) is 15.9. The van der Waals surface area contributed by atoms with Crippen molar-refractivity contribution in [3.63, 3.8) is 0 Å². The van der Waals surface area contributed by atoms with Gasteiger partial charge in [-0.2, -0.15) is 10.5 Å². The minimum atomic E-state index is -0.369. The Morgan fingerprint density at radius 1 is 0.740 bits per heavy atom. The highest BCUT2D eigenvalue weighted by molar-refractivity contribution is 9.10. The van der Waals surface area contributed by atoms with Crippen LogP contribution in [0.3, 0.4) is 0 Å². The first-order valence-corrected chi connectivity index (χ1v) is 16.3. The highest BCUT2D eigenvalue weighted by Crippen LogP contribution is 2.47. The van der Waals surface area contributed by atoms with Crippen LogP contribution in [0, 0.1) is 29.6 Å². The van der Waals surface area contributed by atoms with E-state index in [-0.39, 0.29) is 23.6 Å². The van der Waals surface area contributed by atoms with Crippen LogP contribution in [0.25, 0.3) is 0 Å². The average Bonchev–Trinajstić information content (AvgIpc) is 3.09. The van der Waals surface area contributed by atoms with E-state index in [0.717, 1.165) is 43.7 Å². The van der Waals surface area contributed by atoms with Crippen molar-refractivity contribution >= 4 is 27.3 Å². The number of fused-ring (bicyclic) bond motifs is 2. The topological polar surface area (TPSA) is 156 Å². The highest BCUT2D eigenvalue weighted by atomic mass is 79.9. The summed E-state index contributed by atoms with van der Waals surface area (Å²) in [6.07, 6.45) is 3.56. The number of methoxy groups -OCH3 is 2. The lowest BCUT2D eigenvalue weighted by molar-refractivity contribution is 0.352. The van der Waals surface area contributed by atoms with Crippen LogP contribution in [0.4, 0.5) is 11.4 Å². The lowest BCUT2D eigenvalue weighted by atomic mass is 9.83. The van der Waals surface area contributed by atoms with E-state index in [1.807, 2.05) is 99.5 Å². The third kappa shape index (κ3) is 6.84. The van der Waals surface area contributed by atoms with Gasteiger partial charge < -0.3 is 40.2 Å². The molecule has 3 aromatic carbocycles. The molecule has 12 heteroatoms. The minimum absolute atomic E-state index is 0.108. The molecule has 1 aromatic heterocycles. The Bertz CT molecular complexity index is 2100. The van der Waals surface area contributed by atoms with Crippen molar-refractivity contribution in [1.82, 2.24) is 4.98 Å². The molecule has 0 amide bonds. The molecule has 6 rings (SSSR count). The maximum atomic E-state index is 9.71. The third-order valence-electron chi connectivity index (χ3n) is 8.46. The number of rotatable bonds is 6. The molecule has 2 unspecified atom stereocenters. The number of nitrogens with zero attached hydrogens (tertiary/aromatic N) is 5. The summed E-state index contributed by atoms with van der Waals surface area (Å²) in [6, 6.07) is 22.0. The van der Waals surface area contributed by atoms with Crippen molar-refractivity contribution in [2.24, 2.45) is 11.5 Å². The molecule has 11 nitrogen and oxygen atoms in total. The lowest BCUT2D eigenvalue weighted by Crippen LogP contribution is -2.21. The van der Waals surface area contributed by atoms with E-state index in [0.29, 0.717) is 34.1 Å². The zero-order chi connectivity index (χ0) is 36.3. The van der Waals surface area contributed by atoms with Gasteiger partial charge in [-0.3, -0.25) is 4.98 Å². The Hall–Kier alpha value is -5.85. The fraction of sp³-hybridized carbons (Fsp3) is 0.237. The molecule has 0 bridgehead atoms. The van der Waals surface area contributed by atoms with Gasteiger partial charge in [0, 0.05) is 75.2 Å². The molecule has 0 saturated carbocycles. The van der Waals surface area contributed by atoms with Crippen LogP contribution in [0.1, 0.15) is 39.7 Å². The predicted octanol–water partition coefficient (Wildman–Crippen LogP) is 6.42. The average molecular weight is 737 g/mol. The van der Waals surface area contributed by atoms with Gasteiger partial charge in [-0.1, -0.05) is 18.2 Å². The molecule has 4 N–H and O–H groups in total. The smallest absolute Gasteiger partial charge is 0.205 e. The van der Waals surface area contributed by atoms with Gasteiger partial charge in [0.15, 0.2) is 11.5 Å². The SMILES string of the molecule is COc1cc(C2C(C#N)=C(N)Oc3cc(N(C)C)ccc32)cc(Br)c1OC.Cc1cncc(C2C(C#N)=C(N)Oc3cc(N(C)C)ccc32)c1. The van der Waals surface area contributed by atoms with Crippen LogP contribution in [0.2, 0.25) is 0 Å². The van der Waals surface area contributed by atoms with Crippen molar-refractivity contribution in [3.8, 4) is 35.1 Å². The fourth-order valence-corrected chi connectivity index (χ4v) is 6.59. The predicted molar refractivity (Wildman–Crippen MR) is 196 cm³/mol. The van der Waals surface area contributed by atoms with Crippen molar-refractivity contribution in [3.05, 3.63) is 122 Å². The van der Waals surface area contributed by atoms with E-state index in [1.54, 1.807) is 26.6 Å². The Morgan fingerprint density at radius 3 is 1.70 bits per heavy atom. The first-order valence-electron chi connectivity index (χ1n) is 15.5. The summed E-state index contributed by atoms with van der Waals surface area (Å²) in [5.41, 5.74) is 19.5. The standard InChI is InChI=1S/C20H20BrN3O3.C18H18N4O/c1-24(2)12-5-6-13-16(9-12)27-20(23)14(10-22)18(13)11-7-15(21)19(26-4)17(8-11)25-3;1-11-6-12(10-21-9-11)17-14-5-4-13(22(2)3)7-16(14)23-18(20)15(17)8-19/h5-9,18H,23H2,1-4H3;4-7,9-10,17H,20H2,1-3H3. The summed E-state index contributed by atoms with van der Waals surface area (Å²) in [4.78, 5) is 8.22. The van der Waals surface area contributed by atoms with Gasteiger partial charge in [-0.05, 0) is 63.8 Å². The monoisotopic (exact) mass is 735 g/mol. The maximum absolute atomic E-state index is 9.71. The van der Waals surface area contributed by atoms with Crippen LogP contribution in [-0.4, -0.2) is 47.4 Å². The number of hydrogen-bond donors (Lipinski definition) is 2. The molecule has 0 spiro atoms. The van der Waals surface area contributed by atoms with Crippen LogP contribution in [0.15, 0.2) is 94.4 Å². The first-order chi connectivity index (χ1) is 23.9. The van der Waals surface area contributed by atoms with Gasteiger partial charge in [0.25, 0.3) is 0 Å². The van der Waals surface area contributed by atoms with E-state index in [4.69, 9.17) is 30.4 Å². The Kier molecular flexibility index (Phi) is 10.4. The zero-order valence-corrected chi connectivity index (χ0v) is 30.5. The summed E-state index contributed by atoms with van der Waals surface area (Å²) < 4.78 is 23.0. The van der Waals surface area contributed by atoms with Gasteiger partial charge in [0.2, 0.25) is 11.8 Å². The van der Waals surface area contributed by atoms with Crippen LogP contribution in [0.5, 0.6) is 23.0 Å². The molecule has 2 aliphatic rings. The summed E-state index contributed by atoms with van der Waals surface area (Å²) in [5.74, 6) is 2.10. The Morgan fingerprint density at radius 2 is 1.26 bits per heavy atom. The quantitative estimate of drug-likeness (QED) is 0.225. The van der Waals surface area contributed by atoms with Gasteiger partial charge in [0.05, 0.1) is 30.5 Å². The number of aromatic nitrogens is 1. The summed E-state index contributed by atoms with van der Waals surface area (Å²) >= 11 is 3.52. The number of hydrogen-bond acceptors (Lipinski definition) is 11. The van der Waals surface area contributed by atoms with Gasteiger partial charge in [0.1, 0.15) is 34.8 Å². The number of nitriles is 2. The molecular weight excluding hydrogens is 698 g/mol. The van der Waals surface area contributed by atoms with E-state index < -0.39 is 0 Å². The molecule has 256 valence electrons. The van der Waals surface area contributed by atoms with Crippen LogP contribution >= 0.6 is 15.9 Å². The molecule has 2 aliphatic heterocycles. The molecule has 3 heterocycles. The summed E-state index contributed by atoms with van der Waals surface area (Å²) in [7, 11) is 11.0.